The molecule has 186 valence electrons. The number of rotatable bonds is 9. The molecule has 1 heterocycles. The largest absolute Gasteiger partial charge is 0.388 e. The van der Waals surface area contributed by atoms with Crippen LogP contribution in [0.25, 0.3) is 0 Å². The molecular formula is C27H31O7P. The Morgan fingerprint density at radius 3 is 1.40 bits per heavy atom. The summed E-state index contributed by atoms with van der Waals surface area (Å²) < 4.78 is 11.1. The van der Waals surface area contributed by atoms with Crippen LogP contribution in [0.5, 0.6) is 0 Å². The molecule has 7 nitrogen and oxygen atoms in total. The highest BCUT2D eigenvalue weighted by atomic mass is 31.2. The van der Waals surface area contributed by atoms with Gasteiger partial charge in [-0.2, -0.15) is 0 Å². The Balaban J connectivity index is 1.82. The zero-order valence-electron chi connectivity index (χ0n) is 19.2. The van der Waals surface area contributed by atoms with Gasteiger partial charge in [-0.15, -0.1) is 0 Å². The molecule has 0 spiro atoms. The highest BCUT2D eigenvalue weighted by Gasteiger charge is 2.53. The highest BCUT2D eigenvalue weighted by Crippen LogP contribution is 2.44. The summed E-state index contributed by atoms with van der Waals surface area (Å²) in [5, 5.41) is 32.4. The first kappa shape index (κ1) is 25.9. The lowest BCUT2D eigenvalue weighted by molar-refractivity contribution is -0.296. The predicted molar refractivity (Wildman–Crippen MR) is 132 cm³/mol. The Hall–Kier alpha value is -2.19. The fourth-order valence-electron chi connectivity index (χ4n) is 5.03. The van der Waals surface area contributed by atoms with Crippen molar-refractivity contribution in [2.45, 2.75) is 50.0 Å². The standard InChI is InChI=1S/C27H31O7P/c28-22-23(29)25(33-26(24(22)30)34-35(31)32)27(16-19-10-4-1-5-11-19,17-20-12-6-2-7-13-20)18-21-14-8-3-9-15-21/h1-15,22-26,28-32H,16-18H2/t22-,23+,24+,25-,26?/m1/s1. The number of hydrogen-bond donors (Lipinski definition) is 5. The van der Waals surface area contributed by atoms with Crippen LogP contribution in [0, 0.1) is 5.41 Å². The van der Waals surface area contributed by atoms with Crippen LogP contribution in [-0.4, -0.2) is 55.8 Å². The maximum Gasteiger partial charge on any atom is 0.329 e. The first-order valence-electron chi connectivity index (χ1n) is 11.5. The SMILES string of the molecule is O[C@@H]1[C@H](O)[C@H](C(Cc2ccccc2)(Cc2ccccc2)Cc2ccccc2)OC(OP(O)O)[C@H]1O. The summed E-state index contributed by atoms with van der Waals surface area (Å²) in [4.78, 5) is 18.9. The van der Waals surface area contributed by atoms with Crippen LogP contribution in [0.3, 0.4) is 0 Å². The van der Waals surface area contributed by atoms with Crippen molar-refractivity contribution in [2.75, 3.05) is 0 Å². The highest BCUT2D eigenvalue weighted by molar-refractivity contribution is 7.39. The van der Waals surface area contributed by atoms with Gasteiger partial charge in [0.1, 0.15) is 18.3 Å². The van der Waals surface area contributed by atoms with Crippen molar-refractivity contribution < 1.29 is 34.4 Å². The predicted octanol–water partition coefficient (Wildman–Crippen LogP) is 2.74. The number of aliphatic hydroxyl groups excluding tert-OH is 3. The van der Waals surface area contributed by atoms with E-state index >= 15 is 0 Å². The topological polar surface area (TPSA) is 120 Å². The van der Waals surface area contributed by atoms with Crippen molar-refractivity contribution in [2.24, 2.45) is 5.41 Å². The molecule has 35 heavy (non-hydrogen) atoms. The maximum atomic E-state index is 11.2. The lowest BCUT2D eigenvalue weighted by atomic mass is 9.65. The second-order valence-electron chi connectivity index (χ2n) is 9.10. The quantitative estimate of drug-likeness (QED) is 0.288. The van der Waals surface area contributed by atoms with E-state index in [-0.39, 0.29) is 0 Å². The molecule has 0 saturated carbocycles. The van der Waals surface area contributed by atoms with Gasteiger partial charge in [0.25, 0.3) is 0 Å². The molecule has 1 unspecified atom stereocenters. The normalized spacial score (nSPS) is 25.0. The smallest absolute Gasteiger partial charge is 0.329 e. The molecule has 0 radical (unpaired) electrons. The first-order chi connectivity index (χ1) is 16.9. The molecule has 0 aliphatic carbocycles. The summed E-state index contributed by atoms with van der Waals surface area (Å²) in [5.41, 5.74) is 2.25. The fraction of sp³-hybridized carbons (Fsp3) is 0.333. The molecule has 0 aromatic heterocycles. The number of hydrogen-bond acceptors (Lipinski definition) is 7. The van der Waals surface area contributed by atoms with Crippen LogP contribution in [0.2, 0.25) is 0 Å². The Labute approximate surface area is 206 Å². The van der Waals surface area contributed by atoms with Gasteiger partial charge in [0.05, 0.1) is 6.10 Å². The van der Waals surface area contributed by atoms with Crippen LogP contribution in [-0.2, 0) is 28.5 Å². The van der Waals surface area contributed by atoms with Crippen molar-refractivity contribution in [3.63, 3.8) is 0 Å². The van der Waals surface area contributed by atoms with Gasteiger partial charge < -0.3 is 29.8 Å². The van der Waals surface area contributed by atoms with E-state index in [1.54, 1.807) is 0 Å². The minimum atomic E-state index is -2.86. The van der Waals surface area contributed by atoms with Crippen LogP contribution in [0.1, 0.15) is 16.7 Å². The number of ether oxygens (including phenoxy) is 1. The van der Waals surface area contributed by atoms with E-state index in [9.17, 15) is 25.1 Å². The molecule has 0 bridgehead atoms. The average molecular weight is 499 g/mol. The van der Waals surface area contributed by atoms with Gasteiger partial charge in [0, 0.05) is 5.41 Å². The minimum absolute atomic E-state index is 0.488. The summed E-state index contributed by atoms with van der Waals surface area (Å²) in [7, 11) is -2.86. The molecule has 4 rings (SSSR count). The Kier molecular flexibility index (Phi) is 8.65. The van der Waals surface area contributed by atoms with E-state index in [0.29, 0.717) is 19.3 Å². The number of aliphatic hydroxyl groups is 3. The molecule has 0 amide bonds. The van der Waals surface area contributed by atoms with Crippen molar-refractivity contribution in [1.82, 2.24) is 0 Å². The molecule has 1 aliphatic rings. The van der Waals surface area contributed by atoms with Gasteiger partial charge in [-0.25, -0.2) is 0 Å². The first-order valence-corrected chi connectivity index (χ1v) is 12.7. The molecule has 1 aliphatic heterocycles. The molecule has 5 atom stereocenters. The molecule has 8 heteroatoms. The van der Waals surface area contributed by atoms with Crippen molar-refractivity contribution in [3.05, 3.63) is 108 Å². The van der Waals surface area contributed by atoms with Gasteiger partial charge in [-0.05, 0) is 36.0 Å². The van der Waals surface area contributed by atoms with Crippen LogP contribution >= 0.6 is 8.60 Å². The van der Waals surface area contributed by atoms with E-state index in [4.69, 9.17) is 9.26 Å². The summed E-state index contributed by atoms with van der Waals surface area (Å²) in [5.74, 6) is 0. The second-order valence-corrected chi connectivity index (χ2v) is 9.82. The average Bonchev–Trinajstić information content (AvgIpc) is 2.86. The second kappa shape index (κ2) is 11.7. The van der Waals surface area contributed by atoms with E-state index in [1.807, 2.05) is 91.0 Å². The van der Waals surface area contributed by atoms with Crippen molar-refractivity contribution in [1.29, 1.82) is 0 Å². The summed E-state index contributed by atoms with van der Waals surface area (Å²) >= 11 is 0. The van der Waals surface area contributed by atoms with Gasteiger partial charge in [0.2, 0.25) is 0 Å². The molecule has 1 fully saturated rings. The third-order valence-corrected chi connectivity index (χ3v) is 6.96. The zero-order chi connectivity index (χ0) is 24.8. The lowest BCUT2D eigenvalue weighted by Gasteiger charge is -2.49. The minimum Gasteiger partial charge on any atom is -0.388 e. The van der Waals surface area contributed by atoms with Crippen LogP contribution in [0.4, 0.5) is 0 Å². The molecule has 3 aromatic rings. The Morgan fingerprint density at radius 2 is 1.03 bits per heavy atom. The third-order valence-electron chi connectivity index (χ3n) is 6.57. The fourth-order valence-corrected chi connectivity index (χ4v) is 5.39. The van der Waals surface area contributed by atoms with Gasteiger partial charge in [0.15, 0.2) is 6.29 Å². The number of benzene rings is 3. The Morgan fingerprint density at radius 1 is 0.629 bits per heavy atom. The van der Waals surface area contributed by atoms with E-state index in [1.165, 1.54) is 0 Å². The van der Waals surface area contributed by atoms with Gasteiger partial charge >= 0.3 is 8.60 Å². The van der Waals surface area contributed by atoms with E-state index in [0.717, 1.165) is 16.7 Å². The summed E-state index contributed by atoms with van der Waals surface area (Å²) in [6, 6.07) is 29.4. The molecular weight excluding hydrogens is 467 g/mol. The van der Waals surface area contributed by atoms with Crippen LogP contribution < -0.4 is 0 Å². The summed E-state index contributed by atoms with van der Waals surface area (Å²) in [6.45, 7) is 0. The molecule has 5 N–H and O–H groups in total. The molecule has 1 saturated heterocycles. The molecule has 3 aromatic carbocycles. The zero-order valence-corrected chi connectivity index (χ0v) is 20.1. The maximum absolute atomic E-state index is 11.2. The van der Waals surface area contributed by atoms with Gasteiger partial charge in [-0.1, -0.05) is 91.0 Å². The Bertz CT molecular complexity index is 934. The van der Waals surface area contributed by atoms with Crippen molar-refractivity contribution >= 4 is 8.60 Å². The third kappa shape index (κ3) is 6.33. The monoisotopic (exact) mass is 498 g/mol. The van der Waals surface area contributed by atoms with Gasteiger partial charge in [-0.3, -0.25) is 4.52 Å². The lowest BCUT2D eigenvalue weighted by Crippen LogP contribution is -2.63. The van der Waals surface area contributed by atoms with Crippen molar-refractivity contribution in [3.8, 4) is 0 Å². The van der Waals surface area contributed by atoms with E-state index in [2.05, 4.69) is 0 Å². The van der Waals surface area contributed by atoms with Crippen LogP contribution in [0.15, 0.2) is 91.0 Å². The summed E-state index contributed by atoms with van der Waals surface area (Å²) in [6.07, 6.45) is -5.73. The van der Waals surface area contributed by atoms with E-state index < -0.39 is 44.7 Å².